The van der Waals surface area contributed by atoms with Gasteiger partial charge in [0.05, 0.1) is 22.5 Å². The molecule has 0 saturated heterocycles. The maximum Gasteiger partial charge on any atom is 0.224 e. The maximum atomic E-state index is 11.9. The molecule has 6 nitrogen and oxygen atoms in total. The Morgan fingerprint density at radius 1 is 0.760 bits per heavy atom. The summed E-state index contributed by atoms with van der Waals surface area (Å²) in [5.41, 5.74) is 1.70. The molecule has 2 aromatic carbocycles. The van der Waals surface area contributed by atoms with Crippen LogP contribution in [0.15, 0.2) is 48.5 Å². The molecule has 0 atom stereocenters. The Hall–Kier alpha value is -3.64. The fraction of sp³-hybridized carbons (Fsp3) is 0.158. The number of nitrogens with zero attached hydrogens (tertiary/aromatic N) is 2. The highest BCUT2D eigenvalue weighted by Gasteiger charge is 2.09. The van der Waals surface area contributed by atoms with Crippen molar-refractivity contribution >= 4 is 23.2 Å². The van der Waals surface area contributed by atoms with Gasteiger partial charge in [0.2, 0.25) is 11.8 Å². The lowest BCUT2D eigenvalue weighted by molar-refractivity contribution is -0.117. The molecule has 0 bridgehead atoms. The third kappa shape index (κ3) is 5.19. The van der Waals surface area contributed by atoms with Gasteiger partial charge in [0.15, 0.2) is 0 Å². The number of para-hydroxylation sites is 2. The topological polar surface area (TPSA) is 106 Å². The lowest BCUT2D eigenvalue weighted by atomic mass is 10.1. The molecule has 2 aromatic rings. The number of nitriles is 2. The number of nitrogens with one attached hydrogen (secondary N) is 2. The number of rotatable bonds is 6. The highest BCUT2D eigenvalue weighted by Crippen LogP contribution is 2.15. The van der Waals surface area contributed by atoms with E-state index in [-0.39, 0.29) is 24.7 Å². The SMILES string of the molecule is N#Cc1ccccc1NC(=O)CCCC(=O)Nc1ccccc1C#N. The number of benzene rings is 2. The highest BCUT2D eigenvalue weighted by atomic mass is 16.2. The molecular weight excluding hydrogens is 316 g/mol. The lowest BCUT2D eigenvalue weighted by Crippen LogP contribution is -2.15. The fourth-order valence-corrected chi connectivity index (χ4v) is 2.21. The van der Waals surface area contributed by atoms with E-state index < -0.39 is 0 Å². The molecule has 0 aliphatic rings. The quantitative estimate of drug-likeness (QED) is 0.847. The van der Waals surface area contributed by atoms with E-state index >= 15 is 0 Å². The van der Waals surface area contributed by atoms with E-state index in [4.69, 9.17) is 10.5 Å². The smallest absolute Gasteiger partial charge is 0.224 e. The second-order valence-electron chi connectivity index (χ2n) is 5.26. The van der Waals surface area contributed by atoms with Crippen LogP contribution in [0.1, 0.15) is 30.4 Å². The van der Waals surface area contributed by atoms with Crippen molar-refractivity contribution in [3.63, 3.8) is 0 Å². The molecule has 0 fully saturated rings. The summed E-state index contributed by atoms with van der Waals surface area (Å²) in [6.45, 7) is 0. The van der Waals surface area contributed by atoms with Crippen LogP contribution in [0.3, 0.4) is 0 Å². The van der Waals surface area contributed by atoms with Gasteiger partial charge in [0, 0.05) is 12.8 Å². The molecule has 2 N–H and O–H groups in total. The van der Waals surface area contributed by atoms with E-state index in [1.54, 1.807) is 48.5 Å². The standard InChI is InChI=1S/C19H16N4O2/c20-12-14-6-1-3-8-16(14)22-18(24)10-5-11-19(25)23-17-9-4-2-7-15(17)13-21/h1-4,6-9H,5,10-11H2,(H,22,24)(H,23,25). The van der Waals surface area contributed by atoms with Crippen LogP contribution in [0, 0.1) is 22.7 Å². The zero-order valence-corrected chi connectivity index (χ0v) is 13.5. The number of hydrogen-bond donors (Lipinski definition) is 2. The molecule has 6 heteroatoms. The first-order valence-corrected chi connectivity index (χ1v) is 7.72. The predicted molar refractivity (Wildman–Crippen MR) is 93.4 cm³/mol. The van der Waals surface area contributed by atoms with Crippen molar-refractivity contribution in [3.05, 3.63) is 59.7 Å². The predicted octanol–water partition coefficient (Wildman–Crippen LogP) is 3.18. The van der Waals surface area contributed by atoms with Crippen molar-refractivity contribution in [3.8, 4) is 12.1 Å². The van der Waals surface area contributed by atoms with Gasteiger partial charge < -0.3 is 10.6 Å². The lowest BCUT2D eigenvalue weighted by Gasteiger charge is -2.08. The first kappa shape index (κ1) is 17.7. The minimum atomic E-state index is -0.257. The number of carbonyl (C=O) groups is 2. The maximum absolute atomic E-state index is 11.9. The minimum absolute atomic E-state index is 0.160. The van der Waals surface area contributed by atoms with Crippen LogP contribution in [0.5, 0.6) is 0 Å². The van der Waals surface area contributed by atoms with Crippen molar-refractivity contribution in [2.75, 3.05) is 10.6 Å². The van der Waals surface area contributed by atoms with Crippen LogP contribution in [0.25, 0.3) is 0 Å². The largest absolute Gasteiger partial charge is 0.325 e. The van der Waals surface area contributed by atoms with Crippen LogP contribution in [0.2, 0.25) is 0 Å². The Balaban J connectivity index is 1.80. The fourth-order valence-electron chi connectivity index (χ4n) is 2.21. The number of hydrogen-bond acceptors (Lipinski definition) is 4. The molecule has 0 aliphatic carbocycles. The number of amides is 2. The molecule has 0 spiro atoms. The molecule has 25 heavy (non-hydrogen) atoms. The van der Waals surface area contributed by atoms with Crippen molar-refractivity contribution in [2.24, 2.45) is 0 Å². The summed E-state index contributed by atoms with van der Waals surface area (Å²) in [6, 6.07) is 17.5. The van der Waals surface area contributed by atoms with Crippen molar-refractivity contribution in [2.45, 2.75) is 19.3 Å². The van der Waals surface area contributed by atoms with Gasteiger partial charge in [0.25, 0.3) is 0 Å². The van der Waals surface area contributed by atoms with E-state index in [1.807, 2.05) is 12.1 Å². The van der Waals surface area contributed by atoms with Gasteiger partial charge in [-0.2, -0.15) is 10.5 Å². The molecule has 2 amide bonds. The van der Waals surface area contributed by atoms with E-state index in [9.17, 15) is 9.59 Å². The minimum Gasteiger partial charge on any atom is -0.325 e. The van der Waals surface area contributed by atoms with E-state index in [2.05, 4.69) is 10.6 Å². The molecule has 0 unspecified atom stereocenters. The molecular formula is C19H16N4O2. The normalized spacial score (nSPS) is 9.52. The Labute approximate surface area is 145 Å². The molecule has 124 valence electrons. The van der Waals surface area contributed by atoms with Crippen LogP contribution < -0.4 is 10.6 Å². The van der Waals surface area contributed by atoms with E-state index in [0.29, 0.717) is 28.9 Å². The summed E-state index contributed by atoms with van der Waals surface area (Å²) in [7, 11) is 0. The Morgan fingerprint density at radius 2 is 1.16 bits per heavy atom. The summed E-state index contributed by atoms with van der Waals surface area (Å²) < 4.78 is 0. The molecule has 0 saturated carbocycles. The van der Waals surface area contributed by atoms with Gasteiger partial charge in [0.1, 0.15) is 12.1 Å². The molecule has 0 aromatic heterocycles. The van der Waals surface area contributed by atoms with Gasteiger partial charge in [-0.05, 0) is 30.7 Å². The number of anilines is 2. The first-order valence-electron chi connectivity index (χ1n) is 7.72. The third-order valence-electron chi connectivity index (χ3n) is 3.45. The summed E-state index contributed by atoms with van der Waals surface area (Å²) >= 11 is 0. The zero-order valence-electron chi connectivity index (χ0n) is 13.5. The summed E-state index contributed by atoms with van der Waals surface area (Å²) in [5.74, 6) is -0.513. The van der Waals surface area contributed by atoms with Crippen molar-refractivity contribution in [1.82, 2.24) is 0 Å². The van der Waals surface area contributed by atoms with Crippen molar-refractivity contribution in [1.29, 1.82) is 10.5 Å². The Kier molecular flexibility index (Phi) is 6.27. The average molecular weight is 332 g/mol. The van der Waals surface area contributed by atoms with Gasteiger partial charge >= 0.3 is 0 Å². The van der Waals surface area contributed by atoms with Gasteiger partial charge in [-0.15, -0.1) is 0 Å². The van der Waals surface area contributed by atoms with Crippen LogP contribution >= 0.6 is 0 Å². The van der Waals surface area contributed by atoms with Gasteiger partial charge in [-0.25, -0.2) is 0 Å². The average Bonchev–Trinajstić information content (AvgIpc) is 2.62. The summed E-state index contributed by atoms with van der Waals surface area (Å²) in [6.07, 6.45) is 0.682. The Bertz CT molecular complexity index is 791. The summed E-state index contributed by atoms with van der Waals surface area (Å²) in [4.78, 5) is 23.9. The highest BCUT2D eigenvalue weighted by molar-refractivity contribution is 5.94. The molecule has 2 rings (SSSR count). The van der Waals surface area contributed by atoms with Crippen LogP contribution in [0.4, 0.5) is 11.4 Å². The molecule has 0 heterocycles. The van der Waals surface area contributed by atoms with Crippen LogP contribution in [-0.4, -0.2) is 11.8 Å². The van der Waals surface area contributed by atoms with E-state index in [0.717, 1.165) is 0 Å². The summed E-state index contributed by atoms with van der Waals surface area (Å²) in [5, 5.41) is 23.3. The third-order valence-corrected chi connectivity index (χ3v) is 3.45. The second-order valence-corrected chi connectivity index (χ2v) is 5.26. The number of carbonyl (C=O) groups excluding carboxylic acids is 2. The zero-order chi connectivity index (χ0) is 18.1. The van der Waals surface area contributed by atoms with Crippen LogP contribution in [-0.2, 0) is 9.59 Å². The van der Waals surface area contributed by atoms with E-state index in [1.165, 1.54) is 0 Å². The van der Waals surface area contributed by atoms with Gasteiger partial charge in [-0.3, -0.25) is 9.59 Å². The second kappa shape index (κ2) is 8.85. The molecule has 0 radical (unpaired) electrons. The van der Waals surface area contributed by atoms with Gasteiger partial charge in [-0.1, -0.05) is 24.3 Å². The monoisotopic (exact) mass is 332 g/mol. The Morgan fingerprint density at radius 3 is 1.56 bits per heavy atom. The first-order chi connectivity index (χ1) is 12.1. The molecule has 0 aliphatic heterocycles. The van der Waals surface area contributed by atoms with Crippen molar-refractivity contribution < 1.29 is 9.59 Å².